The summed E-state index contributed by atoms with van der Waals surface area (Å²) in [6.45, 7) is 0. The molecule has 28 heavy (non-hydrogen) atoms. The monoisotopic (exact) mass is 454 g/mol. The normalized spacial score (nSPS) is 19.2. The highest BCUT2D eigenvalue weighted by molar-refractivity contribution is 9.10. The summed E-state index contributed by atoms with van der Waals surface area (Å²) in [6.07, 6.45) is 0.680. The van der Waals surface area contributed by atoms with Crippen molar-refractivity contribution in [2.75, 3.05) is 7.11 Å². The van der Waals surface area contributed by atoms with Crippen molar-refractivity contribution in [3.63, 3.8) is 0 Å². The Morgan fingerprint density at radius 1 is 1.00 bits per heavy atom. The molecule has 0 unspecified atom stereocenters. The van der Waals surface area contributed by atoms with Gasteiger partial charge in [-0.15, -0.1) is 0 Å². The molecule has 0 radical (unpaired) electrons. The van der Waals surface area contributed by atoms with E-state index in [-0.39, 0.29) is 12.2 Å². The first-order valence-electron chi connectivity index (χ1n) is 9.10. The quantitative estimate of drug-likeness (QED) is 0.498. The van der Waals surface area contributed by atoms with Gasteiger partial charge in [0.05, 0.1) is 7.11 Å². The van der Waals surface area contributed by atoms with E-state index in [4.69, 9.17) is 21.3 Å². The van der Waals surface area contributed by atoms with Gasteiger partial charge in [0.15, 0.2) is 0 Å². The number of benzene rings is 3. The van der Waals surface area contributed by atoms with Gasteiger partial charge in [0.1, 0.15) is 11.9 Å². The average molecular weight is 456 g/mol. The van der Waals surface area contributed by atoms with Gasteiger partial charge >= 0.3 is 0 Å². The summed E-state index contributed by atoms with van der Waals surface area (Å²) in [4.78, 5) is 5.02. The number of rotatable bonds is 4. The summed E-state index contributed by atoms with van der Waals surface area (Å²) in [5, 5.41) is 4.40. The van der Waals surface area contributed by atoms with Crippen LogP contribution in [0, 0.1) is 0 Å². The molecule has 1 aliphatic rings. The van der Waals surface area contributed by atoms with Gasteiger partial charge < -0.3 is 4.74 Å². The fraction of sp³-hybridized carbons (Fsp3) is 0.174. The molecule has 0 saturated carbocycles. The van der Waals surface area contributed by atoms with Crippen LogP contribution in [0.4, 0.5) is 0 Å². The zero-order valence-corrected chi connectivity index (χ0v) is 17.7. The van der Waals surface area contributed by atoms with E-state index in [0.717, 1.165) is 38.5 Å². The molecule has 142 valence electrons. The fourth-order valence-electron chi connectivity index (χ4n) is 3.42. The maximum absolute atomic E-state index is 6.07. The molecule has 0 aromatic heterocycles. The molecular formula is C23H20BrClN2O. The highest BCUT2D eigenvalue weighted by Crippen LogP contribution is 2.32. The number of aliphatic imine (C=N–C) groups is 1. The summed E-state index contributed by atoms with van der Waals surface area (Å²) in [7, 11) is 1.68. The molecule has 1 heterocycles. The van der Waals surface area contributed by atoms with Crippen LogP contribution in [0.3, 0.4) is 0 Å². The van der Waals surface area contributed by atoms with Gasteiger partial charge in [-0.25, -0.2) is 0 Å². The second kappa shape index (κ2) is 8.48. The summed E-state index contributed by atoms with van der Waals surface area (Å²) in [5.41, 5.74) is 4.52. The minimum Gasteiger partial charge on any atom is -0.497 e. The third-order valence-corrected chi connectivity index (χ3v) is 5.65. The Morgan fingerprint density at radius 3 is 2.39 bits per heavy atom. The van der Waals surface area contributed by atoms with E-state index in [1.165, 1.54) is 5.56 Å². The molecule has 3 aromatic carbocycles. The Kier molecular flexibility index (Phi) is 5.81. The van der Waals surface area contributed by atoms with Crippen molar-refractivity contribution in [2.24, 2.45) is 4.99 Å². The first-order chi connectivity index (χ1) is 13.6. The Balaban J connectivity index is 1.71. The van der Waals surface area contributed by atoms with Crippen molar-refractivity contribution in [3.05, 3.63) is 99.0 Å². The number of hydrogen-bond donors (Lipinski definition) is 1. The number of ether oxygens (including phenoxy) is 1. The topological polar surface area (TPSA) is 33.6 Å². The lowest BCUT2D eigenvalue weighted by Crippen LogP contribution is -2.33. The van der Waals surface area contributed by atoms with Gasteiger partial charge in [-0.2, -0.15) is 0 Å². The molecule has 1 N–H and O–H groups in total. The van der Waals surface area contributed by atoms with Crippen LogP contribution in [0.25, 0.3) is 0 Å². The van der Waals surface area contributed by atoms with E-state index in [0.29, 0.717) is 0 Å². The van der Waals surface area contributed by atoms with Gasteiger partial charge in [-0.3, -0.25) is 10.3 Å². The van der Waals surface area contributed by atoms with Crippen LogP contribution in [0.1, 0.15) is 35.3 Å². The summed E-state index contributed by atoms with van der Waals surface area (Å²) < 4.78 is 6.35. The third kappa shape index (κ3) is 4.30. The van der Waals surface area contributed by atoms with Crippen molar-refractivity contribution in [2.45, 2.75) is 18.6 Å². The van der Waals surface area contributed by atoms with Crippen LogP contribution < -0.4 is 10.1 Å². The summed E-state index contributed by atoms with van der Waals surface area (Å²) >= 11 is 9.65. The van der Waals surface area contributed by atoms with Gasteiger partial charge in [-0.05, 0) is 53.1 Å². The molecular weight excluding hydrogens is 436 g/mol. The molecule has 4 rings (SSSR count). The average Bonchev–Trinajstić information content (AvgIpc) is 2.74. The maximum Gasteiger partial charge on any atom is 0.126 e. The molecule has 0 spiro atoms. The second-order valence-corrected chi connectivity index (χ2v) is 8.09. The number of hydrogen-bond acceptors (Lipinski definition) is 3. The predicted molar refractivity (Wildman–Crippen MR) is 118 cm³/mol. The third-order valence-electron chi connectivity index (χ3n) is 4.90. The molecule has 3 nitrogen and oxygen atoms in total. The van der Waals surface area contributed by atoms with E-state index >= 15 is 0 Å². The number of halogens is 2. The minimum atomic E-state index is -0.132. The zero-order chi connectivity index (χ0) is 19.5. The first kappa shape index (κ1) is 19.2. The lowest BCUT2D eigenvalue weighted by Gasteiger charge is -2.30. The van der Waals surface area contributed by atoms with Crippen LogP contribution in [-0.4, -0.2) is 12.8 Å². The van der Waals surface area contributed by atoms with Crippen LogP contribution in [-0.2, 0) is 0 Å². The summed E-state index contributed by atoms with van der Waals surface area (Å²) in [6, 6.07) is 24.5. The zero-order valence-electron chi connectivity index (χ0n) is 15.4. The van der Waals surface area contributed by atoms with Crippen LogP contribution in [0.15, 0.2) is 82.3 Å². The molecule has 0 aliphatic carbocycles. The first-order valence-corrected chi connectivity index (χ1v) is 10.3. The number of nitrogens with zero attached hydrogens (tertiary/aromatic N) is 1. The lowest BCUT2D eigenvalue weighted by atomic mass is 9.94. The van der Waals surface area contributed by atoms with Crippen LogP contribution in [0.2, 0.25) is 5.02 Å². The second-order valence-electron chi connectivity index (χ2n) is 6.74. The molecule has 5 heteroatoms. The van der Waals surface area contributed by atoms with Crippen LogP contribution in [0.5, 0.6) is 5.75 Å². The number of nitrogens with one attached hydrogen (secondary N) is 1. The predicted octanol–water partition coefficient (Wildman–Crippen LogP) is 6.33. The number of methoxy groups -OCH3 is 1. The molecule has 0 saturated heterocycles. The molecule has 0 bridgehead atoms. The van der Waals surface area contributed by atoms with Crippen molar-refractivity contribution in [3.8, 4) is 5.75 Å². The standard InChI is InChI=1S/C23H20BrClN2O/c1-28-20-11-7-15(8-12-20)21-14-22(17-3-2-4-18(24)13-17)27-23(26-21)16-5-9-19(25)10-6-16/h2-13,21,23,26H,14H2,1H3/t21-,23-/m0/s1. The highest BCUT2D eigenvalue weighted by atomic mass is 79.9. The van der Waals surface area contributed by atoms with Gasteiger partial charge in [-0.1, -0.05) is 63.9 Å². The molecule has 2 atom stereocenters. The molecule has 3 aromatic rings. The largest absolute Gasteiger partial charge is 0.497 e. The van der Waals surface area contributed by atoms with E-state index in [1.54, 1.807) is 7.11 Å². The maximum atomic E-state index is 6.07. The smallest absolute Gasteiger partial charge is 0.126 e. The van der Waals surface area contributed by atoms with E-state index < -0.39 is 0 Å². The minimum absolute atomic E-state index is 0.132. The van der Waals surface area contributed by atoms with Crippen LogP contribution >= 0.6 is 27.5 Å². The lowest BCUT2D eigenvalue weighted by molar-refractivity contribution is 0.413. The van der Waals surface area contributed by atoms with Crippen molar-refractivity contribution in [1.82, 2.24) is 5.32 Å². The van der Waals surface area contributed by atoms with E-state index in [2.05, 4.69) is 45.5 Å². The molecule has 0 amide bonds. The Labute approximate surface area is 178 Å². The summed E-state index contributed by atoms with van der Waals surface area (Å²) in [5.74, 6) is 0.856. The molecule has 0 fully saturated rings. The van der Waals surface area contributed by atoms with Gasteiger partial charge in [0.25, 0.3) is 0 Å². The molecule has 1 aliphatic heterocycles. The Bertz CT molecular complexity index is 986. The van der Waals surface area contributed by atoms with Gasteiger partial charge in [0.2, 0.25) is 0 Å². The van der Waals surface area contributed by atoms with E-state index in [9.17, 15) is 0 Å². The Hall–Kier alpha value is -2.14. The SMILES string of the molecule is COc1ccc([C@@H]2CC(c3cccc(Br)c3)=N[C@@H](c3ccc(Cl)cc3)N2)cc1. The Morgan fingerprint density at radius 2 is 1.71 bits per heavy atom. The van der Waals surface area contributed by atoms with Crippen molar-refractivity contribution < 1.29 is 4.74 Å². The fourth-order valence-corrected chi connectivity index (χ4v) is 3.94. The van der Waals surface area contributed by atoms with Crippen molar-refractivity contribution in [1.29, 1.82) is 0 Å². The van der Waals surface area contributed by atoms with E-state index in [1.807, 2.05) is 48.5 Å². The van der Waals surface area contributed by atoms with Crippen molar-refractivity contribution >= 4 is 33.2 Å². The van der Waals surface area contributed by atoms with Gasteiger partial charge in [0, 0.05) is 27.7 Å². The highest BCUT2D eigenvalue weighted by Gasteiger charge is 2.26.